The summed E-state index contributed by atoms with van der Waals surface area (Å²) in [5.41, 5.74) is 5.57. The van der Waals surface area contributed by atoms with Gasteiger partial charge in [-0.3, -0.25) is 9.59 Å². The van der Waals surface area contributed by atoms with Crippen LogP contribution in [-0.4, -0.2) is 41.5 Å². The first-order valence-corrected chi connectivity index (χ1v) is 7.24. The van der Waals surface area contributed by atoms with Gasteiger partial charge in [0.05, 0.1) is 0 Å². The third-order valence-electron chi connectivity index (χ3n) is 3.21. The van der Waals surface area contributed by atoms with Crippen molar-refractivity contribution in [1.29, 1.82) is 0 Å². The molecule has 0 aromatic rings. The van der Waals surface area contributed by atoms with E-state index in [9.17, 15) is 9.59 Å². The van der Waals surface area contributed by atoms with Gasteiger partial charge in [-0.15, -0.1) is 0 Å². The molecule has 0 saturated carbocycles. The van der Waals surface area contributed by atoms with E-state index in [1.165, 1.54) is 4.90 Å². The maximum atomic E-state index is 12.0. The fourth-order valence-electron chi connectivity index (χ4n) is 2.29. The minimum Gasteiger partial charge on any atom is -0.480 e. The number of nitrogens with zero attached hydrogens (tertiary/aromatic N) is 1. The summed E-state index contributed by atoms with van der Waals surface area (Å²) in [7, 11) is 0. The van der Waals surface area contributed by atoms with E-state index in [-0.39, 0.29) is 12.5 Å². The Hall–Kier alpha value is -1.10. The lowest BCUT2D eigenvalue weighted by molar-refractivity contribution is -0.144. The number of carbonyl (C=O) groups is 2. The lowest BCUT2D eigenvalue weighted by atomic mass is 9.94. The molecule has 0 fully saturated rings. The van der Waals surface area contributed by atoms with Crippen molar-refractivity contribution >= 4 is 11.9 Å². The predicted octanol–water partition coefficient (Wildman–Crippen LogP) is 1.85. The zero-order chi connectivity index (χ0) is 14.7. The van der Waals surface area contributed by atoms with Crippen molar-refractivity contribution in [3.05, 3.63) is 0 Å². The first kappa shape index (κ1) is 17.9. The van der Waals surface area contributed by atoms with Crippen LogP contribution in [-0.2, 0) is 9.59 Å². The van der Waals surface area contributed by atoms with E-state index in [1.807, 2.05) is 6.92 Å². The Morgan fingerprint density at radius 3 is 2.32 bits per heavy atom. The van der Waals surface area contributed by atoms with Crippen LogP contribution in [0, 0.1) is 5.92 Å². The largest absolute Gasteiger partial charge is 0.480 e. The average Bonchev–Trinajstić information content (AvgIpc) is 2.35. The molecule has 0 bridgehead atoms. The van der Waals surface area contributed by atoms with E-state index in [1.54, 1.807) is 0 Å². The van der Waals surface area contributed by atoms with Gasteiger partial charge < -0.3 is 15.7 Å². The molecule has 3 N–H and O–H groups in total. The van der Waals surface area contributed by atoms with E-state index < -0.39 is 5.97 Å². The molecule has 5 nitrogen and oxygen atoms in total. The number of carboxylic acids is 1. The van der Waals surface area contributed by atoms with E-state index >= 15 is 0 Å². The zero-order valence-electron chi connectivity index (χ0n) is 12.2. The first-order valence-electron chi connectivity index (χ1n) is 7.24. The molecule has 1 unspecified atom stereocenters. The molecule has 0 aromatic heterocycles. The number of carboxylic acid groups (broad SMARTS) is 1. The number of hydrogen-bond acceptors (Lipinski definition) is 3. The summed E-state index contributed by atoms with van der Waals surface area (Å²) in [4.78, 5) is 24.2. The summed E-state index contributed by atoms with van der Waals surface area (Å²) in [6.45, 7) is 5.03. The van der Waals surface area contributed by atoms with Crippen molar-refractivity contribution in [2.75, 3.05) is 19.6 Å². The van der Waals surface area contributed by atoms with Gasteiger partial charge in [-0.05, 0) is 31.7 Å². The second-order valence-electron chi connectivity index (χ2n) is 4.98. The van der Waals surface area contributed by atoms with Gasteiger partial charge in [-0.1, -0.05) is 26.7 Å². The van der Waals surface area contributed by atoms with Crippen LogP contribution < -0.4 is 5.73 Å². The Bertz CT molecular complexity index is 263. The molecule has 0 aliphatic rings. The van der Waals surface area contributed by atoms with Crippen molar-refractivity contribution in [1.82, 2.24) is 4.90 Å². The minimum absolute atomic E-state index is 0.0534. The van der Waals surface area contributed by atoms with E-state index in [0.29, 0.717) is 25.4 Å². The fourth-order valence-corrected chi connectivity index (χ4v) is 2.29. The lowest BCUT2D eigenvalue weighted by Gasteiger charge is -2.21. The van der Waals surface area contributed by atoms with Crippen LogP contribution >= 0.6 is 0 Å². The molecule has 0 heterocycles. The molecule has 0 aliphatic carbocycles. The van der Waals surface area contributed by atoms with Crippen molar-refractivity contribution in [2.45, 2.75) is 52.4 Å². The summed E-state index contributed by atoms with van der Waals surface area (Å²) in [5.74, 6) is -0.525. The molecule has 112 valence electrons. The van der Waals surface area contributed by atoms with E-state index in [2.05, 4.69) is 6.92 Å². The van der Waals surface area contributed by atoms with Gasteiger partial charge in [0, 0.05) is 13.0 Å². The highest BCUT2D eigenvalue weighted by atomic mass is 16.4. The van der Waals surface area contributed by atoms with Gasteiger partial charge in [0.25, 0.3) is 0 Å². The van der Waals surface area contributed by atoms with Crippen LogP contribution in [0.3, 0.4) is 0 Å². The maximum absolute atomic E-state index is 12.0. The van der Waals surface area contributed by atoms with Gasteiger partial charge in [0.2, 0.25) is 5.91 Å². The van der Waals surface area contributed by atoms with Gasteiger partial charge in [-0.2, -0.15) is 0 Å². The highest BCUT2D eigenvalue weighted by Gasteiger charge is 2.17. The number of hydrogen-bond donors (Lipinski definition) is 2. The van der Waals surface area contributed by atoms with Crippen LogP contribution in [0.5, 0.6) is 0 Å². The van der Waals surface area contributed by atoms with Crippen molar-refractivity contribution in [2.24, 2.45) is 11.7 Å². The van der Waals surface area contributed by atoms with E-state index in [4.69, 9.17) is 10.8 Å². The Kier molecular flexibility index (Phi) is 10.2. The summed E-state index contributed by atoms with van der Waals surface area (Å²) in [5, 5.41) is 8.79. The molecule has 0 aromatic carbocycles. The highest BCUT2D eigenvalue weighted by molar-refractivity contribution is 5.81. The number of carbonyl (C=O) groups excluding carboxylic acids is 1. The Labute approximate surface area is 116 Å². The topological polar surface area (TPSA) is 83.6 Å². The third kappa shape index (κ3) is 8.59. The number of nitrogens with two attached hydrogens (primary N) is 1. The minimum atomic E-state index is -0.950. The highest BCUT2D eigenvalue weighted by Crippen LogP contribution is 2.17. The first-order chi connectivity index (χ1) is 9.04. The normalized spacial score (nSPS) is 12.2. The molecule has 1 atom stereocenters. The summed E-state index contributed by atoms with van der Waals surface area (Å²) in [6.07, 6.45) is 5.12. The van der Waals surface area contributed by atoms with Crippen LogP contribution in [0.2, 0.25) is 0 Å². The summed E-state index contributed by atoms with van der Waals surface area (Å²) in [6, 6.07) is 0. The molecular weight excluding hydrogens is 244 g/mol. The Morgan fingerprint density at radius 2 is 1.84 bits per heavy atom. The SMILES string of the molecule is CCCC(CCN)CCC(=O)N(CCC)CC(=O)O. The summed E-state index contributed by atoms with van der Waals surface area (Å²) < 4.78 is 0. The van der Waals surface area contributed by atoms with Crippen LogP contribution in [0.1, 0.15) is 52.4 Å². The lowest BCUT2D eigenvalue weighted by Crippen LogP contribution is -2.36. The third-order valence-corrected chi connectivity index (χ3v) is 3.21. The fraction of sp³-hybridized carbons (Fsp3) is 0.857. The predicted molar refractivity (Wildman–Crippen MR) is 75.8 cm³/mol. The molecule has 19 heavy (non-hydrogen) atoms. The molecule has 0 spiro atoms. The standard InChI is InChI=1S/C14H28N2O3/c1-3-5-12(8-9-15)6-7-13(17)16(10-4-2)11-14(18)19/h12H,3-11,15H2,1-2H3,(H,18,19). The van der Waals surface area contributed by atoms with E-state index in [0.717, 1.165) is 32.1 Å². The molecule has 0 aliphatic heterocycles. The molecule has 0 rings (SSSR count). The molecule has 1 amide bonds. The quantitative estimate of drug-likeness (QED) is 0.601. The van der Waals surface area contributed by atoms with Gasteiger partial charge in [0.1, 0.15) is 6.54 Å². The smallest absolute Gasteiger partial charge is 0.323 e. The molecular formula is C14H28N2O3. The maximum Gasteiger partial charge on any atom is 0.323 e. The Balaban J connectivity index is 4.24. The number of rotatable bonds is 11. The number of aliphatic carboxylic acids is 1. The Morgan fingerprint density at radius 1 is 1.16 bits per heavy atom. The van der Waals surface area contributed by atoms with Crippen molar-refractivity contribution in [3.63, 3.8) is 0 Å². The summed E-state index contributed by atoms with van der Waals surface area (Å²) >= 11 is 0. The van der Waals surface area contributed by atoms with Gasteiger partial charge in [-0.25, -0.2) is 0 Å². The van der Waals surface area contributed by atoms with Crippen molar-refractivity contribution in [3.8, 4) is 0 Å². The monoisotopic (exact) mass is 272 g/mol. The van der Waals surface area contributed by atoms with Crippen LogP contribution in [0.15, 0.2) is 0 Å². The molecule has 5 heteroatoms. The van der Waals surface area contributed by atoms with Crippen LogP contribution in [0.25, 0.3) is 0 Å². The van der Waals surface area contributed by atoms with Crippen LogP contribution in [0.4, 0.5) is 0 Å². The van der Waals surface area contributed by atoms with Gasteiger partial charge in [0.15, 0.2) is 0 Å². The van der Waals surface area contributed by atoms with Crippen molar-refractivity contribution < 1.29 is 14.7 Å². The molecule has 0 radical (unpaired) electrons. The average molecular weight is 272 g/mol. The second kappa shape index (κ2) is 10.8. The number of amides is 1. The zero-order valence-corrected chi connectivity index (χ0v) is 12.2. The second-order valence-corrected chi connectivity index (χ2v) is 4.98. The van der Waals surface area contributed by atoms with Gasteiger partial charge >= 0.3 is 5.97 Å². The molecule has 0 saturated heterocycles.